The first-order valence-corrected chi connectivity index (χ1v) is 7.66. The second kappa shape index (κ2) is 6.82. The Morgan fingerprint density at radius 1 is 1.10 bits per heavy atom. The van der Waals surface area contributed by atoms with Gasteiger partial charge in [0.2, 0.25) is 5.91 Å². The Bertz CT molecular complexity index is 610. The minimum atomic E-state index is -0.0543. The van der Waals surface area contributed by atoms with E-state index in [0.717, 1.165) is 10.5 Å². The standard InChI is InChI=1S/C16H16ClNOS/c1-11-3-6-13(7-4-11)20-10-16(19)18-15-8-5-12(2)9-14(15)17/h3-9H,10H2,1-2H3,(H,18,19). The summed E-state index contributed by atoms with van der Waals surface area (Å²) in [7, 11) is 0. The highest BCUT2D eigenvalue weighted by Crippen LogP contribution is 2.24. The van der Waals surface area contributed by atoms with Gasteiger partial charge < -0.3 is 5.32 Å². The molecule has 0 aliphatic rings. The lowest BCUT2D eigenvalue weighted by molar-refractivity contribution is -0.113. The lowest BCUT2D eigenvalue weighted by Crippen LogP contribution is -2.14. The molecule has 2 nitrogen and oxygen atoms in total. The average molecular weight is 306 g/mol. The van der Waals surface area contributed by atoms with E-state index in [9.17, 15) is 4.79 Å². The molecule has 20 heavy (non-hydrogen) atoms. The van der Waals surface area contributed by atoms with Crippen molar-refractivity contribution in [1.29, 1.82) is 0 Å². The van der Waals surface area contributed by atoms with Crippen LogP contribution in [0.3, 0.4) is 0 Å². The van der Waals surface area contributed by atoms with Crippen molar-refractivity contribution in [3.8, 4) is 0 Å². The van der Waals surface area contributed by atoms with Gasteiger partial charge in [0, 0.05) is 4.90 Å². The van der Waals surface area contributed by atoms with Gasteiger partial charge in [-0.1, -0.05) is 35.4 Å². The first-order valence-electron chi connectivity index (χ1n) is 6.30. The maximum absolute atomic E-state index is 11.9. The smallest absolute Gasteiger partial charge is 0.234 e. The third kappa shape index (κ3) is 4.29. The van der Waals surface area contributed by atoms with Crippen LogP contribution in [0.5, 0.6) is 0 Å². The largest absolute Gasteiger partial charge is 0.324 e. The van der Waals surface area contributed by atoms with Gasteiger partial charge >= 0.3 is 0 Å². The summed E-state index contributed by atoms with van der Waals surface area (Å²) in [6.45, 7) is 4.01. The Labute approximate surface area is 128 Å². The normalized spacial score (nSPS) is 10.3. The second-order valence-electron chi connectivity index (χ2n) is 4.63. The fourth-order valence-electron chi connectivity index (χ4n) is 1.69. The maximum atomic E-state index is 11.9. The fourth-order valence-corrected chi connectivity index (χ4v) is 2.67. The predicted molar refractivity (Wildman–Crippen MR) is 86.7 cm³/mol. The van der Waals surface area contributed by atoms with Crippen LogP contribution in [0, 0.1) is 13.8 Å². The van der Waals surface area contributed by atoms with Crippen molar-refractivity contribution in [2.24, 2.45) is 0 Å². The third-order valence-corrected chi connectivity index (χ3v) is 4.11. The molecular formula is C16H16ClNOS. The number of benzene rings is 2. The molecule has 0 saturated carbocycles. The molecule has 0 aliphatic carbocycles. The van der Waals surface area contributed by atoms with Crippen molar-refractivity contribution in [1.82, 2.24) is 0 Å². The second-order valence-corrected chi connectivity index (χ2v) is 6.09. The van der Waals surface area contributed by atoms with E-state index in [0.29, 0.717) is 16.5 Å². The molecule has 0 radical (unpaired) electrons. The summed E-state index contributed by atoms with van der Waals surface area (Å²) >= 11 is 7.60. The van der Waals surface area contributed by atoms with Gasteiger partial charge in [-0.25, -0.2) is 0 Å². The number of thioether (sulfide) groups is 1. The summed E-state index contributed by atoms with van der Waals surface area (Å²) in [6.07, 6.45) is 0. The van der Waals surface area contributed by atoms with Gasteiger partial charge in [-0.15, -0.1) is 11.8 Å². The van der Waals surface area contributed by atoms with Crippen LogP contribution in [0.15, 0.2) is 47.4 Å². The van der Waals surface area contributed by atoms with Gasteiger partial charge in [0.25, 0.3) is 0 Å². The molecule has 0 unspecified atom stereocenters. The summed E-state index contributed by atoms with van der Waals surface area (Å²) in [5, 5.41) is 3.40. The summed E-state index contributed by atoms with van der Waals surface area (Å²) in [5.74, 6) is 0.314. The van der Waals surface area contributed by atoms with E-state index in [1.54, 1.807) is 0 Å². The predicted octanol–water partition coefficient (Wildman–Crippen LogP) is 4.69. The molecule has 0 aliphatic heterocycles. The molecule has 0 spiro atoms. The van der Waals surface area contributed by atoms with Gasteiger partial charge in [-0.3, -0.25) is 4.79 Å². The molecule has 0 heterocycles. The van der Waals surface area contributed by atoms with Crippen molar-refractivity contribution in [2.75, 3.05) is 11.1 Å². The molecule has 4 heteroatoms. The van der Waals surface area contributed by atoms with E-state index in [2.05, 4.69) is 5.32 Å². The summed E-state index contributed by atoms with van der Waals surface area (Å²) in [4.78, 5) is 13.0. The van der Waals surface area contributed by atoms with Gasteiger partial charge in [-0.2, -0.15) is 0 Å². The van der Waals surface area contributed by atoms with Crippen LogP contribution in [-0.2, 0) is 4.79 Å². The van der Waals surface area contributed by atoms with Crippen molar-refractivity contribution in [3.05, 3.63) is 58.6 Å². The minimum absolute atomic E-state index is 0.0543. The van der Waals surface area contributed by atoms with Crippen molar-refractivity contribution < 1.29 is 4.79 Å². The zero-order chi connectivity index (χ0) is 14.5. The van der Waals surface area contributed by atoms with E-state index in [1.165, 1.54) is 17.3 Å². The Hall–Kier alpha value is -1.45. The van der Waals surface area contributed by atoms with E-state index < -0.39 is 0 Å². The molecule has 0 aromatic heterocycles. The van der Waals surface area contributed by atoms with Gasteiger partial charge in [-0.05, 0) is 43.7 Å². The van der Waals surface area contributed by atoms with Gasteiger partial charge in [0.05, 0.1) is 16.5 Å². The highest BCUT2D eigenvalue weighted by molar-refractivity contribution is 8.00. The number of carbonyl (C=O) groups is 1. The molecule has 0 fully saturated rings. The van der Waals surface area contributed by atoms with Crippen LogP contribution in [-0.4, -0.2) is 11.7 Å². The Morgan fingerprint density at radius 3 is 2.40 bits per heavy atom. The fraction of sp³-hybridized carbons (Fsp3) is 0.188. The molecule has 2 aromatic carbocycles. The molecule has 0 atom stereocenters. The Balaban J connectivity index is 1.90. The molecule has 104 valence electrons. The van der Waals surface area contributed by atoms with Crippen LogP contribution in [0.2, 0.25) is 5.02 Å². The molecule has 0 bridgehead atoms. The number of hydrogen-bond donors (Lipinski definition) is 1. The van der Waals surface area contributed by atoms with Gasteiger partial charge in [0.1, 0.15) is 0 Å². The first-order chi connectivity index (χ1) is 9.54. The SMILES string of the molecule is Cc1ccc(SCC(=O)Nc2ccc(C)cc2Cl)cc1. The Morgan fingerprint density at radius 2 is 1.75 bits per heavy atom. The highest BCUT2D eigenvalue weighted by Gasteiger charge is 2.06. The number of aryl methyl sites for hydroxylation is 2. The van der Waals surface area contributed by atoms with E-state index in [4.69, 9.17) is 11.6 Å². The topological polar surface area (TPSA) is 29.1 Å². The van der Waals surface area contributed by atoms with Crippen LogP contribution in [0.25, 0.3) is 0 Å². The summed E-state index contributed by atoms with van der Waals surface area (Å²) in [5.41, 5.74) is 2.94. The first kappa shape index (κ1) is 14.9. The molecule has 0 saturated heterocycles. The molecule has 1 N–H and O–H groups in total. The minimum Gasteiger partial charge on any atom is -0.324 e. The molecule has 2 aromatic rings. The highest BCUT2D eigenvalue weighted by atomic mass is 35.5. The van der Waals surface area contributed by atoms with Crippen LogP contribution < -0.4 is 5.32 Å². The van der Waals surface area contributed by atoms with Gasteiger partial charge in [0.15, 0.2) is 0 Å². The molecular weight excluding hydrogens is 290 g/mol. The summed E-state index contributed by atoms with van der Waals surface area (Å²) < 4.78 is 0. The zero-order valence-electron chi connectivity index (χ0n) is 11.4. The number of rotatable bonds is 4. The number of amides is 1. The quantitative estimate of drug-likeness (QED) is 0.830. The lowest BCUT2D eigenvalue weighted by atomic mass is 10.2. The third-order valence-electron chi connectivity index (χ3n) is 2.79. The molecule has 2 rings (SSSR count). The van der Waals surface area contributed by atoms with Crippen molar-refractivity contribution in [2.45, 2.75) is 18.7 Å². The van der Waals surface area contributed by atoms with Crippen LogP contribution >= 0.6 is 23.4 Å². The van der Waals surface area contributed by atoms with Crippen molar-refractivity contribution in [3.63, 3.8) is 0 Å². The van der Waals surface area contributed by atoms with Crippen LogP contribution in [0.1, 0.15) is 11.1 Å². The lowest BCUT2D eigenvalue weighted by Gasteiger charge is -2.08. The summed E-state index contributed by atoms with van der Waals surface area (Å²) in [6, 6.07) is 13.7. The number of hydrogen-bond acceptors (Lipinski definition) is 2. The molecule has 1 amide bonds. The van der Waals surface area contributed by atoms with E-state index in [1.807, 2.05) is 56.3 Å². The number of carbonyl (C=O) groups excluding carboxylic acids is 1. The monoisotopic (exact) mass is 305 g/mol. The number of nitrogens with one attached hydrogen (secondary N) is 1. The van der Waals surface area contributed by atoms with Crippen molar-refractivity contribution >= 4 is 35.0 Å². The number of anilines is 1. The maximum Gasteiger partial charge on any atom is 0.234 e. The van der Waals surface area contributed by atoms with E-state index >= 15 is 0 Å². The zero-order valence-corrected chi connectivity index (χ0v) is 13.0. The Kier molecular flexibility index (Phi) is 5.10. The number of halogens is 1. The average Bonchev–Trinajstić information content (AvgIpc) is 2.41. The van der Waals surface area contributed by atoms with Crippen LogP contribution in [0.4, 0.5) is 5.69 Å². The van der Waals surface area contributed by atoms with E-state index in [-0.39, 0.29) is 5.91 Å².